The van der Waals surface area contributed by atoms with Gasteiger partial charge in [0.05, 0.1) is 34.8 Å². The number of aliphatic hydroxyl groups is 1. The molecule has 0 radical (unpaired) electrons. The fourth-order valence-electron chi connectivity index (χ4n) is 9.85. The molecule has 358 valence electrons. The summed E-state index contributed by atoms with van der Waals surface area (Å²) < 4.78 is 14.3. The predicted octanol–water partition coefficient (Wildman–Crippen LogP) is 5.97. The van der Waals surface area contributed by atoms with Gasteiger partial charge < -0.3 is 39.2 Å². The van der Waals surface area contributed by atoms with Gasteiger partial charge >= 0.3 is 12.0 Å². The Morgan fingerprint density at radius 3 is 2.50 bits per heavy atom. The Hall–Kier alpha value is -4.94. The quantitative estimate of drug-likeness (QED) is 0.169. The smallest absolute Gasteiger partial charge is 0.355 e. The second-order valence-corrected chi connectivity index (χ2v) is 20.8. The number of carbonyl (C=O) groups is 4. The van der Waals surface area contributed by atoms with Crippen LogP contribution >= 0.6 is 11.3 Å². The van der Waals surface area contributed by atoms with Gasteiger partial charge in [-0.2, -0.15) is 5.43 Å². The molecule has 16 nitrogen and oxygen atoms in total. The number of aromatic nitrogens is 3. The largest absolute Gasteiger partial charge is 0.462 e. The molecule has 4 atom stereocenters. The Balaban J connectivity index is 1.37. The first-order valence-electron chi connectivity index (χ1n) is 23.3. The first-order chi connectivity index (χ1) is 31.2. The van der Waals surface area contributed by atoms with Crippen molar-refractivity contribution in [3.63, 3.8) is 0 Å². The van der Waals surface area contributed by atoms with Gasteiger partial charge in [-0.3, -0.25) is 19.6 Å². The minimum absolute atomic E-state index is 0.00771. The Bertz CT molecular complexity index is 2440. The normalized spacial score (nSPS) is 21.9. The SMILES string of the molecule is CCn1c(-c2cc(C3CCN(C)CC3)cnc2[C@H](C)OC)c2c3cc(ccc31)-c1csc(n1)C[C@H](NC(=O)[C@H](C(C)C)N(C)C(=O)N(C)C)C(=O)N1CCC[C@@](O)(N1)C(=O)OCC(C)(C)C2. The topological polar surface area (TPSA) is 175 Å². The summed E-state index contributed by atoms with van der Waals surface area (Å²) >= 11 is 1.38. The van der Waals surface area contributed by atoms with Crippen molar-refractivity contribution in [2.75, 3.05) is 61.5 Å². The highest BCUT2D eigenvalue weighted by atomic mass is 32.1. The Morgan fingerprint density at radius 1 is 1.11 bits per heavy atom. The van der Waals surface area contributed by atoms with E-state index >= 15 is 0 Å². The molecule has 2 fully saturated rings. The van der Waals surface area contributed by atoms with E-state index in [4.69, 9.17) is 19.4 Å². The van der Waals surface area contributed by atoms with E-state index in [-0.39, 0.29) is 50.5 Å². The van der Waals surface area contributed by atoms with Gasteiger partial charge in [-0.15, -0.1) is 11.3 Å². The maximum atomic E-state index is 14.5. The van der Waals surface area contributed by atoms with Crippen LogP contribution in [0.1, 0.15) is 101 Å². The molecule has 6 bridgehead atoms. The molecule has 3 aliphatic rings. The molecule has 0 aliphatic carbocycles. The molecule has 3 aliphatic heterocycles. The monoisotopic (exact) mass is 928 g/mol. The van der Waals surface area contributed by atoms with Crippen molar-refractivity contribution >= 4 is 46.1 Å². The van der Waals surface area contributed by atoms with Gasteiger partial charge in [0.2, 0.25) is 11.6 Å². The number of likely N-dealkylation sites (N-methyl/N-ethyl adjacent to an activating group) is 1. The lowest BCUT2D eigenvalue weighted by Gasteiger charge is -2.40. The number of carbonyl (C=O) groups excluding carboxylic acids is 4. The molecular formula is C49H69N9O7S. The third-order valence-electron chi connectivity index (χ3n) is 13.5. The summed E-state index contributed by atoms with van der Waals surface area (Å²) in [5.74, 6) is -1.90. The van der Waals surface area contributed by atoms with Crippen LogP contribution in [0.3, 0.4) is 0 Å². The summed E-state index contributed by atoms with van der Waals surface area (Å²) in [6.45, 7) is 14.8. The number of urea groups is 1. The number of likely N-dealkylation sites (tertiary alicyclic amines) is 1. The number of hydrogen-bond acceptors (Lipinski definition) is 12. The lowest BCUT2D eigenvalue weighted by atomic mass is 9.83. The van der Waals surface area contributed by atoms with Gasteiger partial charge in [0.1, 0.15) is 12.1 Å². The lowest BCUT2D eigenvalue weighted by molar-refractivity contribution is -0.189. The van der Waals surface area contributed by atoms with Crippen LogP contribution in [-0.2, 0) is 43.2 Å². The zero-order chi connectivity index (χ0) is 47.8. The zero-order valence-corrected chi connectivity index (χ0v) is 41.4. The number of methoxy groups -OCH3 is 1. The van der Waals surface area contributed by atoms with Crippen LogP contribution in [0, 0.1) is 11.3 Å². The fraction of sp³-hybridized carbons (Fsp3) is 0.592. The first-order valence-corrected chi connectivity index (χ1v) is 24.2. The number of benzene rings is 1. The number of hydrogen-bond donors (Lipinski definition) is 3. The Morgan fingerprint density at radius 2 is 1.83 bits per heavy atom. The standard InChI is InChI=1S/C49H69N9O7S/c1-12-57-39-15-14-32-22-34(39)36(43(57)35-23-33(26-50-41(35)30(4)64-11)31-16-20-55(9)21-17-31)25-48(5,6)28-65-46(61)49(63)18-13-19-58(53-49)45(60)37(24-40-51-38(32)27-66-40)52-44(59)42(29(2)3)56(10)47(62)54(7)8/h14-15,22-23,26-27,29-31,37,42,53,63H,12-13,16-21,24-25,28H2,1-11H3,(H,52,59)/t30-,37-,42-,49-/m0/s1. The number of piperidine rings is 1. The number of cyclic esters (lactones) is 1. The average Bonchev–Trinajstić information content (AvgIpc) is 3.88. The number of hydrazine groups is 1. The number of pyridine rings is 1. The van der Waals surface area contributed by atoms with Crippen LogP contribution in [-0.4, -0.2) is 143 Å². The molecule has 17 heteroatoms. The highest BCUT2D eigenvalue weighted by Gasteiger charge is 2.45. The molecule has 2 saturated heterocycles. The molecule has 0 unspecified atom stereocenters. The summed E-state index contributed by atoms with van der Waals surface area (Å²) in [6, 6.07) is 6.28. The third-order valence-corrected chi connectivity index (χ3v) is 14.4. The van der Waals surface area contributed by atoms with Crippen molar-refractivity contribution in [1.82, 2.24) is 45.0 Å². The summed E-state index contributed by atoms with van der Waals surface area (Å²) in [6.07, 6.45) is 4.66. The molecule has 4 amide bonds. The number of fused-ring (bicyclic) bond motifs is 6. The van der Waals surface area contributed by atoms with Crippen molar-refractivity contribution < 1.29 is 33.8 Å². The lowest BCUT2D eigenvalue weighted by Crippen LogP contribution is -2.67. The van der Waals surface area contributed by atoms with Crippen molar-refractivity contribution in [1.29, 1.82) is 0 Å². The molecule has 66 heavy (non-hydrogen) atoms. The highest BCUT2D eigenvalue weighted by molar-refractivity contribution is 7.10. The van der Waals surface area contributed by atoms with Crippen LogP contribution in [0.25, 0.3) is 33.4 Å². The van der Waals surface area contributed by atoms with E-state index in [1.807, 2.05) is 32.3 Å². The van der Waals surface area contributed by atoms with E-state index in [1.54, 1.807) is 28.3 Å². The molecule has 1 aromatic carbocycles. The molecule has 3 aromatic heterocycles. The van der Waals surface area contributed by atoms with Gasteiger partial charge in [-0.25, -0.2) is 14.6 Å². The molecule has 0 spiro atoms. The average molecular weight is 928 g/mol. The first kappa shape index (κ1) is 49.0. The number of thiazole rings is 1. The number of esters is 1. The molecular weight excluding hydrogens is 859 g/mol. The number of nitrogens with one attached hydrogen (secondary N) is 2. The third kappa shape index (κ3) is 10.0. The van der Waals surface area contributed by atoms with Gasteiger partial charge in [0, 0.05) is 93.2 Å². The van der Waals surface area contributed by atoms with Crippen LogP contribution < -0.4 is 10.7 Å². The van der Waals surface area contributed by atoms with Gasteiger partial charge in [0.25, 0.3) is 5.91 Å². The Kier molecular flexibility index (Phi) is 14.6. The fourth-order valence-corrected chi connectivity index (χ4v) is 10.7. The number of nitrogens with zero attached hydrogens (tertiary/aromatic N) is 7. The van der Waals surface area contributed by atoms with E-state index in [0.29, 0.717) is 23.9 Å². The zero-order valence-electron chi connectivity index (χ0n) is 40.6. The summed E-state index contributed by atoms with van der Waals surface area (Å²) in [7, 11) is 8.66. The van der Waals surface area contributed by atoms with Crippen LogP contribution in [0.5, 0.6) is 0 Å². The summed E-state index contributed by atoms with van der Waals surface area (Å²) in [5, 5.41) is 19.6. The molecule has 6 heterocycles. The van der Waals surface area contributed by atoms with Gasteiger partial charge in [-0.1, -0.05) is 33.8 Å². The van der Waals surface area contributed by atoms with E-state index in [9.17, 15) is 24.3 Å². The summed E-state index contributed by atoms with van der Waals surface area (Å²) in [4.78, 5) is 71.2. The minimum Gasteiger partial charge on any atom is -0.462 e. The molecule has 7 rings (SSSR count). The van der Waals surface area contributed by atoms with Crippen LogP contribution in [0.4, 0.5) is 4.79 Å². The predicted molar refractivity (Wildman–Crippen MR) is 255 cm³/mol. The molecule has 4 aromatic rings. The molecule has 0 saturated carbocycles. The minimum atomic E-state index is -2.21. The maximum Gasteiger partial charge on any atom is 0.355 e. The van der Waals surface area contributed by atoms with Crippen LogP contribution in [0.15, 0.2) is 35.8 Å². The second kappa shape index (κ2) is 19.7. The summed E-state index contributed by atoms with van der Waals surface area (Å²) in [5.41, 5.74) is 7.77. The van der Waals surface area contributed by atoms with Crippen molar-refractivity contribution in [3.8, 4) is 22.5 Å². The number of ether oxygens (including phenoxy) is 2. The van der Waals surface area contributed by atoms with Gasteiger partial charge in [-0.05, 0) is 101 Å². The van der Waals surface area contributed by atoms with Crippen molar-refractivity contribution in [3.05, 3.63) is 57.7 Å². The molecule has 3 N–H and O–H groups in total. The number of aryl methyl sites for hydroxylation is 1. The van der Waals surface area contributed by atoms with E-state index in [2.05, 4.69) is 72.3 Å². The van der Waals surface area contributed by atoms with E-state index < -0.39 is 41.0 Å². The van der Waals surface area contributed by atoms with Crippen molar-refractivity contribution in [2.45, 2.75) is 116 Å². The van der Waals surface area contributed by atoms with E-state index in [1.165, 1.54) is 31.7 Å². The Labute approximate surface area is 393 Å². The van der Waals surface area contributed by atoms with Gasteiger partial charge in [0.15, 0.2) is 0 Å². The highest BCUT2D eigenvalue weighted by Crippen LogP contribution is 2.43. The number of amides is 4. The second-order valence-electron chi connectivity index (χ2n) is 19.8. The number of rotatable bonds is 9. The maximum absolute atomic E-state index is 14.5. The van der Waals surface area contributed by atoms with Crippen LogP contribution in [0.2, 0.25) is 0 Å². The van der Waals surface area contributed by atoms with E-state index in [0.717, 1.165) is 70.6 Å². The van der Waals surface area contributed by atoms with Crippen molar-refractivity contribution in [2.24, 2.45) is 11.3 Å².